The number of fused-ring (bicyclic) bond motifs is 1. The van der Waals surface area contributed by atoms with Crippen molar-refractivity contribution >= 4 is 63.9 Å². The third-order valence-corrected chi connectivity index (χ3v) is 8.50. The fourth-order valence-electron chi connectivity index (χ4n) is 3.82. The molecule has 243 valence electrons. The second kappa shape index (κ2) is 12.7. The standard InChI is InChI=1S/C24H20N4O13S3.Cu/c1-11-3-4-13(42(32,33)34)7-15(11)25-27-17-9-18(29)16(10-20(17)41-2)26-28-23-21(44(38,39)40)6-12-5-14(43(35,36)37)8-19(30)22(12)24(23)31;/h3-10,29-31H,1-2H3,(H,32,33,34)(H,35,36,37)(H,38,39,40);. The molecule has 6 N–H and O–H groups in total. The van der Waals surface area contributed by atoms with Crippen LogP contribution in [0.3, 0.4) is 0 Å². The second-order valence-electron chi connectivity index (χ2n) is 8.90. The summed E-state index contributed by atoms with van der Waals surface area (Å²) in [6.07, 6.45) is 0. The number of rotatable bonds is 8. The SMILES string of the molecule is COc1cc(N=Nc2c(S(=O)(=O)O)cc3cc(S(=O)(=O)O)cc(O)c3c2O)c(O)cc1N=Nc1cc(S(=O)(=O)O)ccc1C.[Cu]. The van der Waals surface area contributed by atoms with E-state index in [1.54, 1.807) is 6.92 Å². The van der Waals surface area contributed by atoms with Crippen molar-refractivity contribution in [1.29, 1.82) is 0 Å². The average molecular weight is 732 g/mol. The molecular formula is C24H20CuN4O13S3. The first kappa shape index (κ1) is 35.3. The Bertz CT molecular complexity index is 2240. The van der Waals surface area contributed by atoms with Crippen LogP contribution in [-0.4, -0.2) is 61.3 Å². The van der Waals surface area contributed by atoms with Gasteiger partial charge in [-0.15, -0.1) is 15.3 Å². The van der Waals surface area contributed by atoms with Crippen molar-refractivity contribution in [1.82, 2.24) is 0 Å². The Balaban J connectivity index is 0.00000552. The Kier molecular flexibility index (Phi) is 9.92. The Morgan fingerprint density at radius 1 is 0.644 bits per heavy atom. The van der Waals surface area contributed by atoms with E-state index in [1.807, 2.05) is 0 Å². The van der Waals surface area contributed by atoms with Gasteiger partial charge in [0.2, 0.25) is 0 Å². The molecule has 0 aliphatic carbocycles. The Hall–Kier alpha value is -4.21. The van der Waals surface area contributed by atoms with E-state index in [0.717, 1.165) is 30.3 Å². The molecule has 1 radical (unpaired) electrons. The third kappa shape index (κ3) is 7.54. The van der Waals surface area contributed by atoms with E-state index in [2.05, 4.69) is 20.5 Å². The van der Waals surface area contributed by atoms with E-state index >= 15 is 0 Å². The average Bonchev–Trinajstić information content (AvgIpc) is 2.90. The maximum Gasteiger partial charge on any atom is 0.296 e. The van der Waals surface area contributed by atoms with E-state index in [0.29, 0.717) is 17.7 Å². The molecule has 0 saturated carbocycles. The van der Waals surface area contributed by atoms with Gasteiger partial charge in [-0.3, -0.25) is 13.7 Å². The van der Waals surface area contributed by atoms with Crippen molar-refractivity contribution in [3.8, 4) is 23.0 Å². The van der Waals surface area contributed by atoms with Crippen LogP contribution in [0.5, 0.6) is 23.0 Å². The predicted octanol–water partition coefficient (Wildman–Crippen LogP) is 4.84. The van der Waals surface area contributed by atoms with Crippen LogP contribution in [-0.2, 0) is 47.4 Å². The van der Waals surface area contributed by atoms with Crippen molar-refractivity contribution in [2.24, 2.45) is 20.5 Å². The number of aromatic hydroxyl groups is 3. The van der Waals surface area contributed by atoms with Gasteiger partial charge in [-0.05, 0) is 42.1 Å². The number of aryl methyl sites for hydroxylation is 1. The molecule has 0 heterocycles. The number of hydrogen-bond acceptors (Lipinski definition) is 14. The number of azo groups is 2. The first-order chi connectivity index (χ1) is 20.3. The summed E-state index contributed by atoms with van der Waals surface area (Å²) in [4.78, 5) is -2.35. The molecule has 0 aromatic heterocycles. The van der Waals surface area contributed by atoms with Crippen molar-refractivity contribution in [2.75, 3.05) is 7.11 Å². The van der Waals surface area contributed by atoms with E-state index in [9.17, 15) is 54.2 Å². The zero-order valence-corrected chi connectivity index (χ0v) is 25.9. The van der Waals surface area contributed by atoms with E-state index < -0.39 is 78.7 Å². The minimum Gasteiger partial charge on any atom is -0.507 e. The summed E-state index contributed by atoms with van der Waals surface area (Å²) in [7, 11) is -13.3. The molecular weight excluding hydrogens is 712 g/mol. The molecule has 45 heavy (non-hydrogen) atoms. The van der Waals surface area contributed by atoms with Gasteiger partial charge in [-0.2, -0.15) is 30.4 Å². The Morgan fingerprint density at radius 3 is 1.82 bits per heavy atom. The van der Waals surface area contributed by atoms with Crippen LogP contribution in [0.25, 0.3) is 10.8 Å². The van der Waals surface area contributed by atoms with E-state index in [4.69, 9.17) is 4.74 Å². The summed E-state index contributed by atoms with van der Waals surface area (Å²) >= 11 is 0. The molecule has 0 fully saturated rings. The monoisotopic (exact) mass is 731 g/mol. The molecule has 0 saturated heterocycles. The molecule has 0 atom stereocenters. The molecule has 4 rings (SSSR count). The predicted molar refractivity (Wildman–Crippen MR) is 151 cm³/mol. The zero-order chi connectivity index (χ0) is 32.8. The molecule has 4 aromatic rings. The molecule has 0 spiro atoms. The van der Waals surface area contributed by atoms with Gasteiger partial charge in [0, 0.05) is 35.3 Å². The summed E-state index contributed by atoms with van der Waals surface area (Å²) in [5.74, 6) is -2.65. The van der Waals surface area contributed by atoms with Gasteiger partial charge in [0.15, 0.2) is 5.75 Å². The summed E-state index contributed by atoms with van der Waals surface area (Å²) in [6.45, 7) is 1.59. The molecule has 21 heteroatoms. The number of phenols is 3. The fourth-order valence-corrected chi connectivity index (χ4v) is 5.51. The van der Waals surface area contributed by atoms with Crippen LogP contribution >= 0.6 is 0 Å². The van der Waals surface area contributed by atoms with Crippen molar-refractivity contribution in [2.45, 2.75) is 21.6 Å². The van der Waals surface area contributed by atoms with E-state index in [1.165, 1.54) is 13.2 Å². The Morgan fingerprint density at radius 2 is 1.24 bits per heavy atom. The van der Waals surface area contributed by atoms with Crippen molar-refractivity contribution in [3.63, 3.8) is 0 Å². The van der Waals surface area contributed by atoms with Crippen molar-refractivity contribution in [3.05, 3.63) is 54.1 Å². The van der Waals surface area contributed by atoms with Gasteiger partial charge in [0.1, 0.15) is 39.2 Å². The number of hydrogen-bond donors (Lipinski definition) is 6. The zero-order valence-electron chi connectivity index (χ0n) is 22.5. The molecule has 0 amide bonds. The molecule has 0 aliphatic heterocycles. The van der Waals surface area contributed by atoms with Gasteiger partial charge in [0.25, 0.3) is 30.4 Å². The largest absolute Gasteiger partial charge is 0.507 e. The van der Waals surface area contributed by atoms with Crippen LogP contribution < -0.4 is 4.74 Å². The number of ether oxygens (including phenoxy) is 1. The smallest absolute Gasteiger partial charge is 0.296 e. The second-order valence-corrected chi connectivity index (χ2v) is 13.1. The van der Waals surface area contributed by atoms with Crippen LogP contribution in [0.15, 0.2) is 83.7 Å². The van der Waals surface area contributed by atoms with Gasteiger partial charge >= 0.3 is 0 Å². The molecule has 0 unspecified atom stereocenters. The van der Waals surface area contributed by atoms with Gasteiger partial charge < -0.3 is 20.1 Å². The minimum atomic E-state index is -5.17. The van der Waals surface area contributed by atoms with Crippen LogP contribution in [0, 0.1) is 6.92 Å². The summed E-state index contributed by atoms with van der Waals surface area (Å²) in [6, 6.07) is 7.66. The summed E-state index contributed by atoms with van der Waals surface area (Å²) in [5, 5.41) is 45.9. The number of benzene rings is 4. The summed E-state index contributed by atoms with van der Waals surface area (Å²) < 4.78 is 104. The third-order valence-electron chi connectivity index (χ3n) is 5.96. The normalized spacial score (nSPS) is 12.6. The number of methoxy groups -OCH3 is 1. The molecule has 4 aromatic carbocycles. The number of phenolic OH excluding ortho intramolecular Hbond substituents is 3. The minimum absolute atomic E-state index is 0. The first-order valence-electron chi connectivity index (χ1n) is 11.6. The van der Waals surface area contributed by atoms with Crippen LogP contribution in [0.2, 0.25) is 0 Å². The van der Waals surface area contributed by atoms with E-state index in [-0.39, 0.29) is 39.9 Å². The summed E-state index contributed by atoms with van der Waals surface area (Å²) in [5.41, 5.74) is -0.836. The molecule has 0 aliphatic rings. The first-order valence-corrected chi connectivity index (χ1v) is 15.9. The number of nitrogens with zero attached hydrogens (tertiary/aromatic N) is 4. The topological polar surface area (TPSA) is 282 Å². The van der Waals surface area contributed by atoms with Gasteiger partial charge in [-0.1, -0.05) is 6.07 Å². The maximum absolute atomic E-state index is 12.1. The maximum atomic E-state index is 12.1. The van der Waals surface area contributed by atoms with Crippen LogP contribution in [0.1, 0.15) is 5.56 Å². The Labute approximate surface area is 265 Å². The van der Waals surface area contributed by atoms with Gasteiger partial charge in [0.05, 0.1) is 28.0 Å². The molecule has 0 bridgehead atoms. The van der Waals surface area contributed by atoms with Crippen molar-refractivity contribution < 1.29 is 76.0 Å². The fraction of sp³-hybridized carbons (Fsp3) is 0.0833. The quantitative estimate of drug-likeness (QED) is 0.0804. The van der Waals surface area contributed by atoms with Gasteiger partial charge in [-0.25, -0.2) is 0 Å². The molecule has 17 nitrogen and oxygen atoms in total. The van der Waals surface area contributed by atoms with Crippen LogP contribution in [0.4, 0.5) is 22.7 Å².